The molecule has 1 rings (SSSR count). The third-order valence-corrected chi connectivity index (χ3v) is 3.02. The highest BCUT2D eigenvalue weighted by Crippen LogP contribution is 2.08. The second kappa shape index (κ2) is 8.32. The number of benzene rings is 1. The van der Waals surface area contributed by atoms with Crippen LogP contribution in [0.5, 0.6) is 0 Å². The fraction of sp³-hybridized carbons (Fsp3) is 0.467. The Kier molecular flexibility index (Phi) is 6.73. The molecule has 0 spiro atoms. The van der Waals surface area contributed by atoms with Crippen LogP contribution >= 0.6 is 0 Å². The summed E-state index contributed by atoms with van der Waals surface area (Å²) in [5.41, 5.74) is 1.74. The van der Waals surface area contributed by atoms with Crippen LogP contribution in [0.2, 0.25) is 0 Å². The standard InChI is InChI=1S/C15H21NO4/c1-2-3-4-11-5-7-12(8-6-11)14(18)16-10-9-13(17)15(19)20/h5-8,13,17H,2-4,9-10H2,1H3,(H,16,18)(H,19,20)/t13-/m0/s1. The van der Waals surface area contributed by atoms with Crippen molar-refractivity contribution in [2.24, 2.45) is 0 Å². The van der Waals surface area contributed by atoms with Gasteiger partial charge in [0, 0.05) is 18.5 Å². The zero-order chi connectivity index (χ0) is 15.0. The van der Waals surface area contributed by atoms with Crippen LogP contribution in [0.4, 0.5) is 0 Å². The maximum atomic E-state index is 11.8. The van der Waals surface area contributed by atoms with E-state index in [1.54, 1.807) is 12.1 Å². The smallest absolute Gasteiger partial charge is 0.332 e. The Bertz CT molecular complexity index is 442. The number of aliphatic hydroxyl groups excluding tert-OH is 1. The first-order valence-electron chi connectivity index (χ1n) is 6.82. The third kappa shape index (κ3) is 5.40. The van der Waals surface area contributed by atoms with Gasteiger partial charge in [0.05, 0.1) is 0 Å². The van der Waals surface area contributed by atoms with Crippen LogP contribution in [-0.2, 0) is 11.2 Å². The molecule has 0 radical (unpaired) electrons. The lowest BCUT2D eigenvalue weighted by Crippen LogP contribution is -2.30. The quantitative estimate of drug-likeness (QED) is 0.674. The molecule has 1 aromatic carbocycles. The predicted molar refractivity (Wildman–Crippen MR) is 75.6 cm³/mol. The average Bonchev–Trinajstić information content (AvgIpc) is 2.45. The van der Waals surface area contributed by atoms with Gasteiger partial charge in [-0.3, -0.25) is 4.79 Å². The van der Waals surface area contributed by atoms with E-state index in [9.17, 15) is 9.59 Å². The third-order valence-electron chi connectivity index (χ3n) is 3.02. The monoisotopic (exact) mass is 279 g/mol. The minimum Gasteiger partial charge on any atom is -0.479 e. The second-order valence-corrected chi connectivity index (χ2v) is 4.70. The van der Waals surface area contributed by atoms with Crippen LogP contribution in [0.25, 0.3) is 0 Å². The van der Waals surface area contributed by atoms with Crippen molar-refractivity contribution >= 4 is 11.9 Å². The molecular weight excluding hydrogens is 258 g/mol. The van der Waals surface area contributed by atoms with Crippen LogP contribution in [0.15, 0.2) is 24.3 Å². The highest BCUT2D eigenvalue weighted by atomic mass is 16.4. The summed E-state index contributed by atoms with van der Waals surface area (Å²) in [7, 11) is 0. The second-order valence-electron chi connectivity index (χ2n) is 4.70. The van der Waals surface area contributed by atoms with E-state index in [1.165, 1.54) is 5.56 Å². The van der Waals surface area contributed by atoms with E-state index < -0.39 is 12.1 Å². The van der Waals surface area contributed by atoms with Crippen molar-refractivity contribution in [2.45, 2.75) is 38.7 Å². The van der Waals surface area contributed by atoms with Gasteiger partial charge in [-0.25, -0.2) is 4.79 Å². The Labute approximate surface area is 118 Å². The minimum atomic E-state index is -1.44. The van der Waals surface area contributed by atoms with Gasteiger partial charge in [0.25, 0.3) is 5.91 Å². The molecule has 0 bridgehead atoms. The summed E-state index contributed by atoms with van der Waals surface area (Å²) in [6, 6.07) is 7.37. The molecule has 3 N–H and O–H groups in total. The Morgan fingerprint density at radius 1 is 1.25 bits per heavy atom. The normalized spacial score (nSPS) is 11.9. The topological polar surface area (TPSA) is 86.6 Å². The molecule has 1 atom stereocenters. The van der Waals surface area contributed by atoms with E-state index in [0.29, 0.717) is 5.56 Å². The van der Waals surface area contributed by atoms with Crippen molar-refractivity contribution in [3.8, 4) is 0 Å². The molecule has 0 aromatic heterocycles. The number of carboxylic acid groups (broad SMARTS) is 1. The molecule has 5 nitrogen and oxygen atoms in total. The number of aliphatic hydroxyl groups is 1. The average molecular weight is 279 g/mol. The molecule has 0 aliphatic heterocycles. The largest absolute Gasteiger partial charge is 0.479 e. The number of carbonyl (C=O) groups is 2. The summed E-state index contributed by atoms with van der Waals surface area (Å²) in [5.74, 6) is -1.54. The first-order chi connectivity index (χ1) is 9.54. The van der Waals surface area contributed by atoms with Gasteiger partial charge in [-0.15, -0.1) is 0 Å². The molecule has 0 heterocycles. The van der Waals surface area contributed by atoms with Crippen LogP contribution in [-0.4, -0.2) is 34.7 Å². The number of carboxylic acids is 1. The van der Waals surface area contributed by atoms with E-state index >= 15 is 0 Å². The van der Waals surface area contributed by atoms with E-state index in [0.717, 1.165) is 19.3 Å². The van der Waals surface area contributed by atoms with Crippen LogP contribution in [0, 0.1) is 0 Å². The van der Waals surface area contributed by atoms with Crippen LogP contribution < -0.4 is 5.32 Å². The van der Waals surface area contributed by atoms with Crippen molar-refractivity contribution in [1.29, 1.82) is 0 Å². The van der Waals surface area contributed by atoms with Crippen molar-refractivity contribution < 1.29 is 19.8 Å². The molecule has 0 fully saturated rings. The summed E-state index contributed by atoms with van der Waals surface area (Å²) >= 11 is 0. The summed E-state index contributed by atoms with van der Waals surface area (Å²) in [5, 5.41) is 20.2. The lowest BCUT2D eigenvalue weighted by Gasteiger charge is -2.08. The van der Waals surface area contributed by atoms with Gasteiger partial charge >= 0.3 is 5.97 Å². The van der Waals surface area contributed by atoms with E-state index in [1.807, 2.05) is 12.1 Å². The molecule has 0 aliphatic carbocycles. The van der Waals surface area contributed by atoms with Crippen molar-refractivity contribution in [2.75, 3.05) is 6.54 Å². The summed E-state index contributed by atoms with van der Waals surface area (Å²) < 4.78 is 0. The SMILES string of the molecule is CCCCc1ccc(C(=O)NCC[C@H](O)C(=O)O)cc1. The van der Waals surface area contributed by atoms with Crippen molar-refractivity contribution in [3.05, 3.63) is 35.4 Å². The van der Waals surface area contributed by atoms with Gasteiger partial charge in [0.2, 0.25) is 0 Å². The molecular formula is C15H21NO4. The maximum absolute atomic E-state index is 11.8. The van der Waals surface area contributed by atoms with Crippen molar-refractivity contribution in [3.63, 3.8) is 0 Å². The number of hydrogen-bond donors (Lipinski definition) is 3. The fourth-order valence-corrected chi connectivity index (χ4v) is 1.75. The summed E-state index contributed by atoms with van der Waals surface area (Å²) in [6.45, 7) is 2.26. The van der Waals surface area contributed by atoms with Crippen LogP contribution in [0.1, 0.15) is 42.1 Å². The summed E-state index contributed by atoms with van der Waals surface area (Å²) in [4.78, 5) is 22.2. The fourth-order valence-electron chi connectivity index (χ4n) is 1.75. The minimum absolute atomic E-state index is 0.00431. The molecule has 0 saturated heterocycles. The Balaban J connectivity index is 2.41. The highest BCUT2D eigenvalue weighted by Gasteiger charge is 2.13. The lowest BCUT2D eigenvalue weighted by molar-refractivity contribution is -0.146. The van der Waals surface area contributed by atoms with E-state index in [4.69, 9.17) is 10.2 Å². The molecule has 20 heavy (non-hydrogen) atoms. The Morgan fingerprint density at radius 2 is 1.90 bits per heavy atom. The lowest BCUT2D eigenvalue weighted by atomic mass is 10.1. The van der Waals surface area contributed by atoms with Gasteiger partial charge < -0.3 is 15.5 Å². The molecule has 110 valence electrons. The van der Waals surface area contributed by atoms with Gasteiger partial charge in [-0.2, -0.15) is 0 Å². The predicted octanol–water partition coefficient (Wildman–Crippen LogP) is 1.59. The maximum Gasteiger partial charge on any atom is 0.332 e. The zero-order valence-electron chi connectivity index (χ0n) is 11.6. The number of unbranched alkanes of at least 4 members (excludes halogenated alkanes) is 1. The number of nitrogens with one attached hydrogen (secondary N) is 1. The highest BCUT2D eigenvalue weighted by molar-refractivity contribution is 5.94. The van der Waals surface area contributed by atoms with Crippen LogP contribution in [0.3, 0.4) is 0 Å². The number of rotatable bonds is 8. The van der Waals surface area contributed by atoms with Gasteiger partial charge in [0.1, 0.15) is 0 Å². The van der Waals surface area contributed by atoms with Crippen molar-refractivity contribution in [1.82, 2.24) is 5.32 Å². The Hall–Kier alpha value is -1.88. The molecule has 1 amide bonds. The van der Waals surface area contributed by atoms with E-state index in [2.05, 4.69) is 12.2 Å². The van der Waals surface area contributed by atoms with Gasteiger partial charge in [0.15, 0.2) is 6.10 Å². The number of amides is 1. The molecule has 5 heteroatoms. The molecule has 0 unspecified atom stereocenters. The van der Waals surface area contributed by atoms with E-state index in [-0.39, 0.29) is 18.9 Å². The summed E-state index contributed by atoms with van der Waals surface area (Å²) in [6.07, 6.45) is 1.82. The zero-order valence-corrected chi connectivity index (χ0v) is 11.6. The number of carbonyl (C=O) groups excluding carboxylic acids is 1. The molecule has 0 aliphatic rings. The number of aliphatic carboxylic acids is 1. The molecule has 1 aromatic rings. The van der Waals surface area contributed by atoms with Gasteiger partial charge in [-0.1, -0.05) is 25.5 Å². The van der Waals surface area contributed by atoms with Gasteiger partial charge in [-0.05, 0) is 30.5 Å². The first-order valence-corrected chi connectivity index (χ1v) is 6.82. The first kappa shape index (κ1) is 16.2. The molecule has 0 saturated carbocycles. The number of aryl methyl sites for hydroxylation is 1. The Morgan fingerprint density at radius 3 is 2.45 bits per heavy atom. The number of hydrogen-bond acceptors (Lipinski definition) is 3.